The Kier molecular flexibility index (Phi) is 8.13. The predicted octanol–water partition coefficient (Wildman–Crippen LogP) is 2.94. The summed E-state index contributed by atoms with van der Waals surface area (Å²) in [5.74, 6) is -0.178. The molecule has 1 aliphatic carbocycles. The molecule has 0 atom stereocenters. The molecule has 10 heteroatoms. The number of amides is 3. The summed E-state index contributed by atoms with van der Waals surface area (Å²) in [5, 5.41) is 5.65. The van der Waals surface area contributed by atoms with Gasteiger partial charge in [-0.25, -0.2) is 4.79 Å². The number of carbonyl (C=O) groups excluding carboxylic acids is 2. The molecule has 2 fully saturated rings. The fraction of sp³-hybridized carbons (Fsp3) is 0.636. The number of hydrogen-bond donors (Lipinski definition) is 2. The molecule has 1 saturated heterocycles. The zero-order chi connectivity index (χ0) is 23.3. The second-order valence-electron chi connectivity index (χ2n) is 8.85. The maximum absolute atomic E-state index is 13.0. The van der Waals surface area contributed by atoms with Gasteiger partial charge in [-0.05, 0) is 37.1 Å². The van der Waals surface area contributed by atoms with Gasteiger partial charge in [-0.2, -0.15) is 17.0 Å². The lowest BCUT2D eigenvalue weighted by Gasteiger charge is -2.38. The van der Waals surface area contributed by atoms with E-state index in [2.05, 4.69) is 10.6 Å². The van der Waals surface area contributed by atoms with E-state index in [1.807, 2.05) is 13.8 Å². The molecule has 0 unspecified atom stereocenters. The third-order valence-corrected chi connectivity index (χ3v) is 8.28. The van der Waals surface area contributed by atoms with Crippen molar-refractivity contribution < 1.29 is 18.0 Å². The Labute approximate surface area is 191 Å². The summed E-state index contributed by atoms with van der Waals surface area (Å²) in [7, 11) is -1.84. The van der Waals surface area contributed by atoms with Crippen molar-refractivity contribution in [2.45, 2.75) is 52.0 Å². The minimum absolute atomic E-state index is 0.0660. The van der Waals surface area contributed by atoms with E-state index in [0.29, 0.717) is 24.5 Å². The van der Waals surface area contributed by atoms with Gasteiger partial charge in [0.25, 0.3) is 10.2 Å². The Morgan fingerprint density at radius 2 is 1.47 bits per heavy atom. The Morgan fingerprint density at radius 3 is 2.00 bits per heavy atom. The lowest BCUT2D eigenvalue weighted by Crippen LogP contribution is -2.55. The summed E-state index contributed by atoms with van der Waals surface area (Å²) in [5.41, 5.74) is 1.28. The van der Waals surface area contributed by atoms with Crippen LogP contribution in [0.4, 0.5) is 16.2 Å². The molecule has 0 bridgehead atoms. The van der Waals surface area contributed by atoms with Crippen LogP contribution in [-0.2, 0) is 15.0 Å². The molecule has 0 radical (unpaired) electrons. The quantitative estimate of drug-likeness (QED) is 0.674. The SMILES string of the molecule is CC(C)C(=O)Nc1ccc(NC(=O)N2CCN(S(=O)(=O)N(C)C3CCCCC3)CC2)cc1. The van der Waals surface area contributed by atoms with E-state index in [4.69, 9.17) is 0 Å². The molecule has 32 heavy (non-hydrogen) atoms. The summed E-state index contributed by atoms with van der Waals surface area (Å²) in [4.78, 5) is 26.0. The van der Waals surface area contributed by atoms with Gasteiger partial charge in [0.15, 0.2) is 0 Å². The number of piperazine rings is 1. The summed E-state index contributed by atoms with van der Waals surface area (Å²) < 4.78 is 29.0. The first-order chi connectivity index (χ1) is 15.2. The molecule has 1 heterocycles. The summed E-state index contributed by atoms with van der Waals surface area (Å²) in [6.07, 6.45) is 5.15. The molecule has 2 N–H and O–H groups in total. The van der Waals surface area contributed by atoms with Gasteiger partial charge >= 0.3 is 6.03 Å². The molecule has 0 aromatic heterocycles. The molecule has 1 saturated carbocycles. The van der Waals surface area contributed by atoms with Crippen LogP contribution in [0.5, 0.6) is 0 Å². The summed E-state index contributed by atoms with van der Waals surface area (Å²) in [6, 6.07) is 6.75. The number of nitrogens with one attached hydrogen (secondary N) is 2. The highest BCUT2D eigenvalue weighted by Crippen LogP contribution is 2.25. The minimum atomic E-state index is -3.52. The van der Waals surface area contributed by atoms with Crippen LogP contribution in [0.2, 0.25) is 0 Å². The zero-order valence-electron chi connectivity index (χ0n) is 19.2. The van der Waals surface area contributed by atoms with Gasteiger partial charge in [-0.3, -0.25) is 4.79 Å². The molecular weight excluding hydrogens is 430 g/mol. The molecule has 1 aromatic rings. The van der Waals surface area contributed by atoms with E-state index in [9.17, 15) is 18.0 Å². The number of carbonyl (C=O) groups is 2. The molecule has 1 aliphatic heterocycles. The van der Waals surface area contributed by atoms with E-state index in [1.54, 1.807) is 36.2 Å². The van der Waals surface area contributed by atoms with E-state index in [-0.39, 0.29) is 37.0 Å². The molecule has 3 rings (SSSR count). The lowest BCUT2D eigenvalue weighted by atomic mass is 9.96. The van der Waals surface area contributed by atoms with Crippen LogP contribution in [0.15, 0.2) is 24.3 Å². The van der Waals surface area contributed by atoms with Crippen molar-refractivity contribution in [1.82, 2.24) is 13.5 Å². The molecule has 9 nitrogen and oxygen atoms in total. The lowest BCUT2D eigenvalue weighted by molar-refractivity contribution is -0.118. The van der Waals surface area contributed by atoms with E-state index < -0.39 is 10.2 Å². The maximum atomic E-state index is 13.0. The van der Waals surface area contributed by atoms with Crippen molar-refractivity contribution in [2.75, 3.05) is 43.9 Å². The van der Waals surface area contributed by atoms with Gasteiger partial charge in [0.2, 0.25) is 5.91 Å². The molecule has 1 aromatic carbocycles. The number of benzene rings is 1. The molecule has 0 spiro atoms. The fourth-order valence-corrected chi connectivity index (χ4v) is 5.64. The van der Waals surface area contributed by atoms with Gasteiger partial charge in [0.1, 0.15) is 0 Å². The maximum Gasteiger partial charge on any atom is 0.321 e. The van der Waals surface area contributed by atoms with Gasteiger partial charge in [-0.1, -0.05) is 33.1 Å². The predicted molar refractivity (Wildman–Crippen MR) is 126 cm³/mol. The van der Waals surface area contributed by atoms with E-state index >= 15 is 0 Å². The van der Waals surface area contributed by atoms with Crippen molar-refractivity contribution >= 4 is 33.5 Å². The Balaban J connectivity index is 1.50. The highest BCUT2D eigenvalue weighted by atomic mass is 32.2. The smallest absolute Gasteiger partial charge is 0.321 e. The average Bonchev–Trinajstić information content (AvgIpc) is 2.80. The van der Waals surface area contributed by atoms with Gasteiger partial charge in [0.05, 0.1) is 0 Å². The van der Waals surface area contributed by atoms with Crippen molar-refractivity contribution in [3.63, 3.8) is 0 Å². The normalized spacial score (nSPS) is 18.7. The first-order valence-electron chi connectivity index (χ1n) is 11.4. The van der Waals surface area contributed by atoms with Crippen LogP contribution < -0.4 is 10.6 Å². The molecule has 178 valence electrons. The number of anilines is 2. The number of nitrogens with zero attached hydrogens (tertiary/aromatic N) is 3. The Bertz CT molecular complexity index is 889. The summed E-state index contributed by atoms with van der Waals surface area (Å²) in [6.45, 7) is 4.89. The topological polar surface area (TPSA) is 102 Å². The highest BCUT2D eigenvalue weighted by Gasteiger charge is 2.35. The highest BCUT2D eigenvalue weighted by molar-refractivity contribution is 7.86. The third kappa shape index (κ3) is 5.99. The zero-order valence-corrected chi connectivity index (χ0v) is 20.0. The van der Waals surface area contributed by atoms with Gasteiger partial charge in [-0.15, -0.1) is 0 Å². The van der Waals surface area contributed by atoms with Crippen molar-refractivity contribution in [3.05, 3.63) is 24.3 Å². The molecule has 2 aliphatic rings. The van der Waals surface area contributed by atoms with Gasteiger partial charge < -0.3 is 15.5 Å². The van der Waals surface area contributed by atoms with Gasteiger partial charge in [0, 0.05) is 56.6 Å². The van der Waals surface area contributed by atoms with Crippen LogP contribution in [0.3, 0.4) is 0 Å². The second-order valence-corrected chi connectivity index (χ2v) is 10.8. The standard InChI is InChI=1S/C22H35N5O4S/c1-17(2)21(28)23-18-9-11-19(12-10-18)24-22(29)26-13-15-27(16-14-26)32(30,31)25(3)20-7-5-4-6-8-20/h9-12,17,20H,4-8,13-16H2,1-3H3,(H,23,28)(H,24,29). The number of rotatable bonds is 6. The van der Waals surface area contributed by atoms with Crippen LogP contribution in [0, 0.1) is 5.92 Å². The van der Waals surface area contributed by atoms with Crippen molar-refractivity contribution in [3.8, 4) is 0 Å². The minimum Gasteiger partial charge on any atom is -0.326 e. The second kappa shape index (κ2) is 10.6. The van der Waals surface area contributed by atoms with Crippen LogP contribution in [0.25, 0.3) is 0 Å². The average molecular weight is 466 g/mol. The number of hydrogen-bond acceptors (Lipinski definition) is 4. The molecule has 3 amide bonds. The molecular formula is C22H35N5O4S. The first-order valence-corrected chi connectivity index (χ1v) is 12.8. The fourth-order valence-electron chi connectivity index (χ4n) is 4.06. The first kappa shape index (κ1) is 24.5. The van der Waals surface area contributed by atoms with Crippen LogP contribution in [-0.4, -0.2) is 73.1 Å². The van der Waals surface area contributed by atoms with Crippen LogP contribution in [0.1, 0.15) is 46.0 Å². The van der Waals surface area contributed by atoms with Crippen molar-refractivity contribution in [1.29, 1.82) is 0 Å². The van der Waals surface area contributed by atoms with Crippen LogP contribution >= 0.6 is 0 Å². The monoisotopic (exact) mass is 465 g/mol. The van der Waals surface area contributed by atoms with E-state index in [1.165, 1.54) is 15.0 Å². The largest absolute Gasteiger partial charge is 0.326 e. The Hall–Kier alpha value is -2.17. The third-order valence-electron chi connectivity index (χ3n) is 6.23. The Morgan fingerprint density at radius 1 is 0.938 bits per heavy atom. The number of urea groups is 1. The summed E-state index contributed by atoms with van der Waals surface area (Å²) >= 11 is 0. The van der Waals surface area contributed by atoms with E-state index in [0.717, 1.165) is 25.7 Å². The van der Waals surface area contributed by atoms with Crippen molar-refractivity contribution in [2.24, 2.45) is 5.92 Å².